The number of esters is 1. The van der Waals surface area contributed by atoms with Crippen LogP contribution in [0.3, 0.4) is 0 Å². The predicted octanol–water partition coefficient (Wildman–Crippen LogP) is 2.96. The molecule has 2 fully saturated rings. The van der Waals surface area contributed by atoms with Crippen molar-refractivity contribution >= 4 is 17.6 Å². The zero-order valence-corrected chi connectivity index (χ0v) is 20.1. The van der Waals surface area contributed by atoms with E-state index in [9.17, 15) is 9.90 Å². The molecular formula is C24H25ClN4O6. The van der Waals surface area contributed by atoms with E-state index >= 15 is 0 Å². The van der Waals surface area contributed by atoms with E-state index in [1.165, 1.54) is 24.1 Å². The average Bonchev–Trinajstić information content (AvgIpc) is 3.27. The summed E-state index contributed by atoms with van der Waals surface area (Å²) >= 11 is 6.18. The Balaban J connectivity index is 1.47. The first-order chi connectivity index (χ1) is 16.9. The molecule has 184 valence electrons. The molecule has 0 spiro atoms. The highest BCUT2D eigenvalue weighted by atomic mass is 35.5. The lowest BCUT2D eigenvalue weighted by molar-refractivity contribution is -0.319. The van der Waals surface area contributed by atoms with Crippen molar-refractivity contribution in [2.24, 2.45) is 5.92 Å². The number of hydrogen-bond donors (Lipinski definition) is 1. The van der Waals surface area contributed by atoms with Crippen LogP contribution in [0.2, 0.25) is 5.02 Å². The van der Waals surface area contributed by atoms with E-state index in [2.05, 4.69) is 15.1 Å². The molecule has 2 aliphatic heterocycles. The molecule has 2 aliphatic rings. The molecule has 1 aromatic carbocycles. The monoisotopic (exact) mass is 500 g/mol. The van der Waals surface area contributed by atoms with Crippen LogP contribution >= 0.6 is 11.6 Å². The average molecular weight is 501 g/mol. The number of hydrogen-bond acceptors (Lipinski definition) is 9. The van der Waals surface area contributed by atoms with E-state index in [4.69, 9.17) is 30.5 Å². The Morgan fingerprint density at radius 3 is 2.77 bits per heavy atom. The normalized spacial score (nSPS) is 28.4. The molecule has 3 aromatic rings. The van der Waals surface area contributed by atoms with Gasteiger partial charge < -0.3 is 24.1 Å². The van der Waals surface area contributed by atoms with Crippen molar-refractivity contribution in [1.82, 2.24) is 19.7 Å². The van der Waals surface area contributed by atoms with Gasteiger partial charge in [-0.3, -0.25) is 0 Å². The van der Waals surface area contributed by atoms with E-state index in [0.29, 0.717) is 16.7 Å². The molecule has 1 N–H and O–H groups in total. The third-order valence-corrected chi connectivity index (χ3v) is 6.46. The Morgan fingerprint density at radius 2 is 2.03 bits per heavy atom. The molecule has 4 unspecified atom stereocenters. The quantitative estimate of drug-likeness (QED) is 0.539. The molecule has 4 heterocycles. The van der Waals surface area contributed by atoms with Crippen LogP contribution in [-0.2, 0) is 18.9 Å². The van der Waals surface area contributed by atoms with Gasteiger partial charge in [0.25, 0.3) is 0 Å². The summed E-state index contributed by atoms with van der Waals surface area (Å²) < 4.78 is 24.7. The number of halogens is 1. The first-order valence-corrected chi connectivity index (χ1v) is 11.6. The van der Waals surface area contributed by atoms with E-state index < -0.39 is 36.7 Å². The molecule has 0 radical (unpaired) electrons. The zero-order valence-electron chi connectivity index (χ0n) is 19.4. The second-order valence-electron chi connectivity index (χ2n) is 8.56. The van der Waals surface area contributed by atoms with Gasteiger partial charge in [0.05, 0.1) is 30.9 Å². The number of benzene rings is 1. The molecule has 10 nitrogen and oxygen atoms in total. The fourth-order valence-corrected chi connectivity index (χ4v) is 4.65. The van der Waals surface area contributed by atoms with Crippen molar-refractivity contribution < 1.29 is 28.8 Å². The van der Waals surface area contributed by atoms with Crippen molar-refractivity contribution in [3.05, 3.63) is 70.5 Å². The first-order valence-electron chi connectivity index (χ1n) is 11.2. The van der Waals surface area contributed by atoms with Crippen molar-refractivity contribution in [3.8, 4) is 5.69 Å². The summed E-state index contributed by atoms with van der Waals surface area (Å²) in [6.45, 7) is 3.88. The standard InChI is InChI=1S/C24H25ClN4O6/c1-12-19(30)21(34-17-11-33-24(35-20(12)17)14-7-5-4-6-8-14)22-27-13(2)28-29(22)16-9-15(25)10-26-18(16)23(31)32-3/h4-10,12,17,19-21,24,30H,11H2,1-3H3/t12?,17?,19?,20-,21-,24?/m1/s1. The molecule has 0 aliphatic carbocycles. The van der Waals surface area contributed by atoms with Gasteiger partial charge in [-0.1, -0.05) is 48.9 Å². The lowest BCUT2D eigenvalue weighted by Gasteiger charge is -2.47. The van der Waals surface area contributed by atoms with Crippen LogP contribution in [0.25, 0.3) is 5.69 Å². The maximum atomic E-state index is 12.4. The molecule has 2 saturated heterocycles. The summed E-state index contributed by atoms with van der Waals surface area (Å²) in [6, 6.07) is 11.2. The van der Waals surface area contributed by atoms with E-state index in [0.717, 1.165) is 5.56 Å². The van der Waals surface area contributed by atoms with Gasteiger partial charge in [-0.05, 0) is 13.0 Å². The van der Waals surface area contributed by atoms with Gasteiger partial charge in [-0.2, -0.15) is 5.10 Å². The molecule has 11 heteroatoms. The minimum atomic E-state index is -0.971. The maximum Gasteiger partial charge on any atom is 0.358 e. The van der Waals surface area contributed by atoms with Crippen LogP contribution in [0.1, 0.15) is 47.0 Å². The summed E-state index contributed by atoms with van der Waals surface area (Å²) in [5, 5.41) is 16.0. The van der Waals surface area contributed by atoms with Crippen molar-refractivity contribution in [2.45, 2.75) is 44.6 Å². The molecule has 35 heavy (non-hydrogen) atoms. The van der Waals surface area contributed by atoms with Gasteiger partial charge >= 0.3 is 5.97 Å². The van der Waals surface area contributed by atoms with Crippen LogP contribution in [0.4, 0.5) is 0 Å². The SMILES string of the molecule is COC(=O)c1ncc(Cl)cc1-n1nc(C)nc1[C@@H]1OC2COC(c3ccccc3)O[C@@H]2C(C)C1O. The highest BCUT2D eigenvalue weighted by Crippen LogP contribution is 2.41. The second kappa shape index (κ2) is 9.63. The number of aliphatic hydroxyl groups is 1. The van der Waals surface area contributed by atoms with Gasteiger partial charge in [0.15, 0.2) is 17.8 Å². The number of rotatable bonds is 4. The van der Waals surface area contributed by atoms with Crippen LogP contribution in [0, 0.1) is 12.8 Å². The molecule has 6 atom stereocenters. The summed E-state index contributed by atoms with van der Waals surface area (Å²) in [7, 11) is 1.26. The minimum absolute atomic E-state index is 0.00862. The highest BCUT2D eigenvalue weighted by molar-refractivity contribution is 6.30. The number of fused-ring (bicyclic) bond motifs is 1. The Kier molecular flexibility index (Phi) is 6.56. The van der Waals surface area contributed by atoms with Gasteiger partial charge in [-0.15, -0.1) is 0 Å². The number of pyridine rings is 1. The van der Waals surface area contributed by atoms with Crippen molar-refractivity contribution in [1.29, 1.82) is 0 Å². The molecule has 2 aromatic heterocycles. The topological polar surface area (TPSA) is 118 Å². The molecule has 0 saturated carbocycles. The molecule has 0 bridgehead atoms. The zero-order chi connectivity index (χ0) is 24.7. The second-order valence-corrected chi connectivity index (χ2v) is 9.00. The number of carbonyl (C=O) groups excluding carboxylic acids is 1. The number of aromatic nitrogens is 4. The fourth-order valence-electron chi connectivity index (χ4n) is 4.50. The largest absolute Gasteiger partial charge is 0.464 e. The number of carbonyl (C=O) groups is 1. The Labute approximate surface area is 206 Å². The van der Waals surface area contributed by atoms with E-state index in [1.807, 2.05) is 37.3 Å². The Hall–Kier alpha value is -2.89. The third kappa shape index (κ3) is 4.43. The lowest BCUT2D eigenvalue weighted by atomic mass is 9.86. The first kappa shape index (κ1) is 23.8. The number of nitrogens with zero attached hydrogens (tertiary/aromatic N) is 4. The Bertz CT molecular complexity index is 1220. The number of methoxy groups -OCH3 is 1. The van der Waals surface area contributed by atoms with Gasteiger partial charge in [0.2, 0.25) is 0 Å². The molecule has 0 amide bonds. The van der Waals surface area contributed by atoms with Crippen molar-refractivity contribution in [2.75, 3.05) is 13.7 Å². The highest BCUT2D eigenvalue weighted by Gasteiger charge is 2.49. The van der Waals surface area contributed by atoms with Crippen LogP contribution in [-0.4, -0.2) is 62.9 Å². The van der Waals surface area contributed by atoms with Crippen LogP contribution in [0.15, 0.2) is 42.6 Å². The van der Waals surface area contributed by atoms with Crippen LogP contribution in [0.5, 0.6) is 0 Å². The summed E-state index contributed by atoms with van der Waals surface area (Å²) in [5.41, 5.74) is 1.18. The summed E-state index contributed by atoms with van der Waals surface area (Å²) in [6.07, 6.45) is -1.87. The number of ether oxygens (including phenoxy) is 4. The molecule has 5 rings (SSSR count). The van der Waals surface area contributed by atoms with Gasteiger partial charge in [-0.25, -0.2) is 19.4 Å². The van der Waals surface area contributed by atoms with Crippen molar-refractivity contribution in [3.63, 3.8) is 0 Å². The van der Waals surface area contributed by atoms with E-state index in [-0.39, 0.29) is 23.9 Å². The lowest BCUT2D eigenvalue weighted by Crippen LogP contribution is -2.55. The third-order valence-electron chi connectivity index (χ3n) is 6.25. The number of aliphatic hydroxyl groups excluding tert-OH is 1. The predicted molar refractivity (Wildman–Crippen MR) is 123 cm³/mol. The van der Waals surface area contributed by atoms with Crippen LogP contribution < -0.4 is 0 Å². The Morgan fingerprint density at radius 1 is 1.26 bits per heavy atom. The number of aryl methyl sites for hydroxylation is 1. The van der Waals surface area contributed by atoms with Gasteiger partial charge in [0.1, 0.15) is 23.7 Å². The summed E-state index contributed by atoms with van der Waals surface area (Å²) in [5.74, 6) is -0.242. The van der Waals surface area contributed by atoms with Gasteiger partial charge in [0, 0.05) is 17.7 Å². The smallest absolute Gasteiger partial charge is 0.358 e. The maximum absolute atomic E-state index is 12.4. The summed E-state index contributed by atoms with van der Waals surface area (Å²) in [4.78, 5) is 21.0. The minimum Gasteiger partial charge on any atom is -0.464 e. The van der Waals surface area contributed by atoms with E-state index in [1.54, 1.807) is 6.92 Å². The molecular weight excluding hydrogens is 476 g/mol. The fraction of sp³-hybridized carbons (Fsp3) is 0.417.